The van der Waals surface area contributed by atoms with E-state index in [1.165, 1.54) is 12.8 Å². The Labute approximate surface area is 148 Å². The van der Waals surface area contributed by atoms with E-state index in [-0.39, 0.29) is 0 Å². The second-order valence-electron chi connectivity index (χ2n) is 6.11. The molecule has 2 aromatic heterocycles. The predicted molar refractivity (Wildman–Crippen MR) is 96.8 cm³/mol. The van der Waals surface area contributed by atoms with Crippen molar-refractivity contribution >= 4 is 21.9 Å². The van der Waals surface area contributed by atoms with Crippen LogP contribution in [0.5, 0.6) is 0 Å². The van der Waals surface area contributed by atoms with Gasteiger partial charge in [-0.1, -0.05) is 33.3 Å². The SMILES string of the molecule is Brc1ccc(-c2cnc(NCCCn3cc(C4CC4)nn3)[nH]2)cc1. The first-order chi connectivity index (χ1) is 11.8. The second kappa shape index (κ2) is 6.76. The first-order valence-corrected chi connectivity index (χ1v) is 9.02. The van der Waals surface area contributed by atoms with Gasteiger partial charge in [0.05, 0.1) is 17.6 Å². The van der Waals surface area contributed by atoms with Crippen molar-refractivity contribution in [3.05, 3.63) is 46.8 Å². The van der Waals surface area contributed by atoms with Gasteiger partial charge in [0.2, 0.25) is 5.95 Å². The van der Waals surface area contributed by atoms with Crippen LogP contribution in [-0.2, 0) is 6.54 Å². The monoisotopic (exact) mass is 386 g/mol. The maximum atomic E-state index is 4.38. The maximum Gasteiger partial charge on any atom is 0.200 e. The molecular weight excluding hydrogens is 368 g/mol. The number of hydrogen-bond acceptors (Lipinski definition) is 4. The Morgan fingerprint density at radius 3 is 2.88 bits per heavy atom. The predicted octanol–water partition coefficient (Wildman–Crippen LogP) is 3.81. The summed E-state index contributed by atoms with van der Waals surface area (Å²) in [5.74, 6) is 1.46. The zero-order valence-electron chi connectivity index (χ0n) is 13.2. The average molecular weight is 387 g/mol. The van der Waals surface area contributed by atoms with Crippen molar-refractivity contribution in [2.75, 3.05) is 11.9 Å². The number of rotatable bonds is 7. The normalized spacial score (nSPS) is 14.0. The molecule has 0 radical (unpaired) electrons. The number of nitrogens with one attached hydrogen (secondary N) is 2. The van der Waals surface area contributed by atoms with Crippen molar-refractivity contribution in [1.29, 1.82) is 0 Å². The number of imidazole rings is 1. The number of H-pyrrole nitrogens is 1. The summed E-state index contributed by atoms with van der Waals surface area (Å²) in [6.45, 7) is 1.71. The van der Waals surface area contributed by atoms with Crippen LogP contribution in [-0.4, -0.2) is 31.5 Å². The van der Waals surface area contributed by atoms with Gasteiger partial charge in [0.1, 0.15) is 0 Å². The number of aryl methyl sites for hydroxylation is 1. The standard InChI is InChI=1S/C17H19BrN6/c18-14-6-4-12(5-7-14)15-10-20-17(21-15)19-8-1-9-24-11-16(22-23-24)13-2-3-13/h4-7,10-11,13H,1-3,8-9H2,(H2,19,20,21). The Balaban J connectivity index is 1.26. The van der Waals surface area contributed by atoms with Gasteiger partial charge in [0.15, 0.2) is 0 Å². The van der Waals surface area contributed by atoms with E-state index in [0.717, 1.165) is 46.9 Å². The van der Waals surface area contributed by atoms with Crippen molar-refractivity contribution in [3.8, 4) is 11.3 Å². The Morgan fingerprint density at radius 2 is 2.08 bits per heavy atom. The summed E-state index contributed by atoms with van der Waals surface area (Å²) in [5, 5.41) is 11.7. The van der Waals surface area contributed by atoms with Crippen LogP contribution in [0.1, 0.15) is 30.9 Å². The number of aromatic nitrogens is 5. The molecule has 3 aromatic rings. The number of aromatic amines is 1. The summed E-state index contributed by atoms with van der Waals surface area (Å²) in [6, 6.07) is 8.17. The van der Waals surface area contributed by atoms with E-state index in [1.807, 2.05) is 23.0 Å². The van der Waals surface area contributed by atoms with E-state index in [2.05, 4.69) is 59.9 Å². The Morgan fingerprint density at radius 1 is 1.25 bits per heavy atom. The molecule has 1 fully saturated rings. The Kier molecular flexibility index (Phi) is 4.34. The lowest BCUT2D eigenvalue weighted by molar-refractivity contribution is 0.569. The first kappa shape index (κ1) is 15.4. The van der Waals surface area contributed by atoms with Crippen LogP contribution in [0.4, 0.5) is 5.95 Å². The van der Waals surface area contributed by atoms with Gasteiger partial charge in [-0.15, -0.1) is 5.10 Å². The Hall–Kier alpha value is -2.15. The van der Waals surface area contributed by atoms with Crippen LogP contribution in [0.15, 0.2) is 41.1 Å². The third kappa shape index (κ3) is 3.67. The van der Waals surface area contributed by atoms with E-state index >= 15 is 0 Å². The molecule has 0 bridgehead atoms. The number of benzene rings is 1. The molecular formula is C17H19BrN6. The quantitative estimate of drug-likeness (QED) is 0.605. The van der Waals surface area contributed by atoms with Crippen molar-refractivity contribution < 1.29 is 0 Å². The highest BCUT2D eigenvalue weighted by Crippen LogP contribution is 2.38. The van der Waals surface area contributed by atoms with E-state index in [4.69, 9.17) is 0 Å². The molecule has 24 heavy (non-hydrogen) atoms. The lowest BCUT2D eigenvalue weighted by Gasteiger charge is -2.03. The van der Waals surface area contributed by atoms with Gasteiger partial charge in [-0.05, 0) is 37.0 Å². The average Bonchev–Trinajstić information content (AvgIpc) is 3.15. The summed E-state index contributed by atoms with van der Waals surface area (Å²) in [6.07, 6.45) is 7.43. The summed E-state index contributed by atoms with van der Waals surface area (Å²) in [4.78, 5) is 7.68. The third-order valence-electron chi connectivity index (χ3n) is 4.14. The van der Waals surface area contributed by atoms with E-state index in [1.54, 1.807) is 0 Å². The zero-order valence-corrected chi connectivity index (χ0v) is 14.8. The van der Waals surface area contributed by atoms with Crippen molar-refractivity contribution in [2.24, 2.45) is 0 Å². The highest BCUT2D eigenvalue weighted by Gasteiger charge is 2.26. The molecule has 0 aliphatic heterocycles. The fraction of sp³-hybridized carbons (Fsp3) is 0.353. The third-order valence-corrected chi connectivity index (χ3v) is 4.67. The molecule has 6 nitrogen and oxygen atoms in total. The summed E-state index contributed by atoms with van der Waals surface area (Å²) >= 11 is 3.45. The van der Waals surface area contributed by atoms with Crippen molar-refractivity contribution in [1.82, 2.24) is 25.0 Å². The van der Waals surface area contributed by atoms with E-state index in [9.17, 15) is 0 Å². The van der Waals surface area contributed by atoms with E-state index < -0.39 is 0 Å². The van der Waals surface area contributed by atoms with Gasteiger partial charge >= 0.3 is 0 Å². The van der Waals surface area contributed by atoms with Crippen LogP contribution in [0.2, 0.25) is 0 Å². The topological polar surface area (TPSA) is 71.4 Å². The van der Waals surface area contributed by atoms with Gasteiger partial charge in [0, 0.05) is 29.7 Å². The molecule has 0 spiro atoms. The van der Waals surface area contributed by atoms with Crippen LogP contribution in [0, 0.1) is 0 Å². The lowest BCUT2D eigenvalue weighted by atomic mass is 10.2. The van der Waals surface area contributed by atoms with Gasteiger partial charge in [-0.25, -0.2) is 4.98 Å². The highest BCUT2D eigenvalue weighted by molar-refractivity contribution is 9.10. The molecule has 7 heteroatoms. The van der Waals surface area contributed by atoms with Crippen molar-refractivity contribution in [3.63, 3.8) is 0 Å². The largest absolute Gasteiger partial charge is 0.356 e. The van der Waals surface area contributed by atoms with Crippen molar-refractivity contribution in [2.45, 2.75) is 31.7 Å². The minimum absolute atomic E-state index is 0.664. The zero-order chi connectivity index (χ0) is 16.4. The molecule has 0 atom stereocenters. The number of nitrogens with zero attached hydrogens (tertiary/aromatic N) is 4. The summed E-state index contributed by atoms with van der Waals surface area (Å²) in [5.41, 5.74) is 3.28. The Bertz CT molecular complexity index is 803. The molecule has 1 aliphatic carbocycles. The smallest absolute Gasteiger partial charge is 0.200 e. The first-order valence-electron chi connectivity index (χ1n) is 8.23. The molecule has 0 saturated heterocycles. The molecule has 2 heterocycles. The number of hydrogen-bond donors (Lipinski definition) is 2. The van der Waals surface area contributed by atoms with Crippen LogP contribution in [0.3, 0.4) is 0 Å². The molecule has 0 unspecified atom stereocenters. The molecule has 124 valence electrons. The molecule has 4 rings (SSSR count). The minimum Gasteiger partial charge on any atom is -0.356 e. The summed E-state index contributed by atoms with van der Waals surface area (Å²) in [7, 11) is 0. The molecule has 0 amide bonds. The fourth-order valence-corrected chi connectivity index (χ4v) is 2.89. The number of halogens is 1. The number of anilines is 1. The van der Waals surface area contributed by atoms with Crippen LogP contribution >= 0.6 is 15.9 Å². The molecule has 1 aromatic carbocycles. The molecule has 1 saturated carbocycles. The minimum atomic E-state index is 0.664. The summed E-state index contributed by atoms with van der Waals surface area (Å²) < 4.78 is 3.01. The lowest BCUT2D eigenvalue weighted by Crippen LogP contribution is -2.08. The van der Waals surface area contributed by atoms with E-state index in [0.29, 0.717) is 5.92 Å². The fourth-order valence-electron chi connectivity index (χ4n) is 2.62. The molecule has 2 N–H and O–H groups in total. The van der Waals surface area contributed by atoms with Gasteiger partial charge < -0.3 is 10.3 Å². The second-order valence-corrected chi connectivity index (χ2v) is 7.03. The van der Waals surface area contributed by atoms with Gasteiger partial charge in [-0.3, -0.25) is 4.68 Å². The highest BCUT2D eigenvalue weighted by atomic mass is 79.9. The van der Waals surface area contributed by atoms with Gasteiger partial charge in [0.25, 0.3) is 0 Å². The van der Waals surface area contributed by atoms with Crippen LogP contribution in [0.25, 0.3) is 11.3 Å². The van der Waals surface area contributed by atoms with Gasteiger partial charge in [-0.2, -0.15) is 0 Å². The molecule has 1 aliphatic rings. The maximum absolute atomic E-state index is 4.38. The van der Waals surface area contributed by atoms with Crippen LogP contribution < -0.4 is 5.32 Å².